The lowest BCUT2D eigenvalue weighted by atomic mass is 9.97. The molecule has 1 aromatic carbocycles. The number of benzene rings is 1. The Morgan fingerprint density at radius 2 is 2.07 bits per heavy atom. The molecular weight excluding hydrogens is 383 g/mol. The summed E-state index contributed by atoms with van der Waals surface area (Å²) in [6, 6.07) is 6.03. The highest BCUT2D eigenvalue weighted by Crippen LogP contribution is 2.37. The van der Waals surface area contributed by atoms with Crippen LogP contribution in [0.5, 0.6) is 0 Å². The number of hydrogen-bond acceptors (Lipinski definition) is 6. The number of aryl methyl sites for hydroxylation is 2. The van der Waals surface area contributed by atoms with Crippen LogP contribution in [-0.4, -0.2) is 31.1 Å². The molecule has 136 valence electrons. The van der Waals surface area contributed by atoms with Gasteiger partial charge < -0.3 is 0 Å². The highest BCUT2D eigenvalue weighted by Gasteiger charge is 2.21. The van der Waals surface area contributed by atoms with Gasteiger partial charge in [-0.05, 0) is 43.4 Å². The predicted octanol–water partition coefficient (Wildman–Crippen LogP) is 4.33. The molecule has 1 aliphatic carbocycles. The van der Waals surface area contributed by atoms with Crippen LogP contribution in [0.15, 0.2) is 35.7 Å². The van der Waals surface area contributed by atoms with Gasteiger partial charge in [0.15, 0.2) is 16.6 Å². The summed E-state index contributed by atoms with van der Waals surface area (Å²) < 4.78 is 15.6. The first-order valence-electron chi connectivity index (χ1n) is 8.77. The van der Waals surface area contributed by atoms with Crippen molar-refractivity contribution in [1.82, 2.24) is 19.6 Å². The summed E-state index contributed by atoms with van der Waals surface area (Å²) in [5, 5.41) is 10.3. The van der Waals surface area contributed by atoms with E-state index in [-0.39, 0.29) is 17.1 Å². The monoisotopic (exact) mass is 398 g/mol. The van der Waals surface area contributed by atoms with E-state index in [9.17, 15) is 9.18 Å². The smallest absolute Gasteiger partial charge is 0.197 e. The van der Waals surface area contributed by atoms with Gasteiger partial charge in [0.25, 0.3) is 0 Å². The zero-order valence-electron chi connectivity index (χ0n) is 14.3. The average Bonchev–Trinajstić information content (AvgIpc) is 3.27. The Hall–Kier alpha value is -2.32. The first kappa shape index (κ1) is 16.8. The molecule has 5 nitrogen and oxygen atoms in total. The number of nitrogens with zero attached hydrogens (tertiary/aromatic N) is 4. The molecule has 8 heteroatoms. The van der Waals surface area contributed by atoms with Crippen LogP contribution in [0.4, 0.5) is 4.39 Å². The lowest BCUT2D eigenvalue weighted by Gasteiger charge is -2.10. The van der Waals surface area contributed by atoms with E-state index in [1.165, 1.54) is 47.2 Å². The molecule has 0 atom stereocenters. The van der Waals surface area contributed by atoms with Crippen LogP contribution < -0.4 is 0 Å². The number of halogens is 1. The Balaban J connectivity index is 1.48. The van der Waals surface area contributed by atoms with Crippen molar-refractivity contribution in [2.75, 3.05) is 5.75 Å². The topological polar surface area (TPSA) is 60.2 Å². The third-order valence-corrected chi connectivity index (χ3v) is 6.98. The Morgan fingerprint density at radius 3 is 2.96 bits per heavy atom. The minimum absolute atomic E-state index is 0.0987. The van der Waals surface area contributed by atoms with Crippen molar-refractivity contribution in [2.45, 2.75) is 30.8 Å². The minimum Gasteiger partial charge on any atom is -0.293 e. The number of Topliss-reactive ketones (excluding diaryl/α,β-unsaturated/α-hetero) is 1. The van der Waals surface area contributed by atoms with Gasteiger partial charge in [0.2, 0.25) is 0 Å². The van der Waals surface area contributed by atoms with Gasteiger partial charge in [-0.2, -0.15) is 0 Å². The zero-order valence-corrected chi connectivity index (χ0v) is 15.9. The van der Waals surface area contributed by atoms with Crippen LogP contribution in [0.2, 0.25) is 0 Å². The van der Waals surface area contributed by atoms with Crippen molar-refractivity contribution in [1.29, 1.82) is 0 Å². The highest BCUT2D eigenvalue weighted by atomic mass is 32.2. The maximum Gasteiger partial charge on any atom is 0.197 e. The number of carbonyl (C=O) groups is 1. The fraction of sp³-hybridized carbons (Fsp3) is 0.263. The molecule has 27 heavy (non-hydrogen) atoms. The fourth-order valence-corrected chi connectivity index (χ4v) is 5.54. The Bertz CT molecular complexity index is 1180. The second-order valence-corrected chi connectivity index (χ2v) is 8.53. The summed E-state index contributed by atoms with van der Waals surface area (Å²) in [7, 11) is 0. The van der Waals surface area contributed by atoms with Crippen molar-refractivity contribution in [2.24, 2.45) is 0 Å². The molecule has 5 rings (SSSR count). The number of thioether (sulfide) groups is 1. The van der Waals surface area contributed by atoms with Gasteiger partial charge in [-0.1, -0.05) is 23.9 Å². The lowest BCUT2D eigenvalue weighted by Crippen LogP contribution is -2.05. The van der Waals surface area contributed by atoms with Crippen LogP contribution in [0.1, 0.15) is 33.6 Å². The van der Waals surface area contributed by atoms with E-state index in [1.807, 2.05) is 4.40 Å². The molecule has 1 aliphatic rings. The highest BCUT2D eigenvalue weighted by molar-refractivity contribution is 7.99. The van der Waals surface area contributed by atoms with Gasteiger partial charge in [-0.15, -0.1) is 21.5 Å². The van der Waals surface area contributed by atoms with Gasteiger partial charge in [-0.25, -0.2) is 9.37 Å². The van der Waals surface area contributed by atoms with Gasteiger partial charge in [-0.3, -0.25) is 9.20 Å². The van der Waals surface area contributed by atoms with E-state index in [0.29, 0.717) is 5.16 Å². The molecule has 0 N–H and O–H groups in total. The van der Waals surface area contributed by atoms with Gasteiger partial charge in [0, 0.05) is 4.88 Å². The Morgan fingerprint density at radius 1 is 1.22 bits per heavy atom. The van der Waals surface area contributed by atoms with Crippen molar-refractivity contribution in [3.05, 3.63) is 52.4 Å². The second-order valence-electron chi connectivity index (χ2n) is 6.50. The van der Waals surface area contributed by atoms with Gasteiger partial charge in [0.05, 0.1) is 16.7 Å². The second kappa shape index (κ2) is 6.69. The van der Waals surface area contributed by atoms with Crippen molar-refractivity contribution < 1.29 is 9.18 Å². The number of ketones is 1. The maximum atomic E-state index is 13.8. The first-order valence-corrected chi connectivity index (χ1v) is 10.6. The molecule has 0 fully saturated rings. The van der Waals surface area contributed by atoms with Crippen LogP contribution in [-0.2, 0) is 12.8 Å². The minimum atomic E-state index is -0.498. The summed E-state index contributed by atoms with van der Waals surface area (Å²) in [5.41, 5.74) is 2.25. The molecule has 0 saturated heterocycles. The van der Waals surface area contributed by atoms with E-state index in [0.717, 1.165) is 28.7 Å². The molecule has 0 spiro atoms. The number of fused-ring (bicyclic) bond motifs is 5. The van der Waals surface area contributed by atoms with Crippen LogP contribution in [0.3, 0.4) is 0 Å². The summed E-state index contributed by atoms with van der Waals surface area (Å²) in [6.07, 6.45) is 6.29. The van der Waals surface area contributed by atoms with Crippen molar-refractivity contribution in [3.63, 3.8) is 0 Å². The summed E-state index contributed by atoms with van der Waals surface area (Å²) in [4.78, 5) is 19.3. The number of rotatable bonds is 4. The van der Waals surface area contributed by atoms with Crippen LogP contribution >= 0.6 is 23.1 Å². The van der Waals surface area contributed by atoms with Crippen LogP contribution in [0, 0.1) is 5.82 Å². The number of aromatic nitrogens is 4. The molecular formula is C19H15FN4OS2. The lowest BCUT2D eigenvalue weighted by molar-refractivity contribution is 0.101. The van der Waals surface area contributed by atoms with E-state index < -0.39 is 5.82 Å². The largest absolute Gasteiger partial charge is 0.293 e. The summed E-state index contributed by atoms with van der Waals surface area (Å²) >= 11 is 3.00. The van der Waals surface area contributed by atoms with Gasteiger partial charge >= 0.3 is 0 Å². The SMILES string of the molecule is O=C(CSc1nnc2c3c4c(sc3ncn12)CCCC4)c1ccccc1F. The standard InChI is InChI=1S/C19H15FN4OS2/c20-13-7-3-1-5-11(13)14(25)9-26-19-23-22-17-16-12-6-2-4-8-15(12)27-18(16)21-10-24(17)19/h1,3,5,7,10H,2,4,6,8-9H2. The normalized spacial score (nSPS) is 14.0. The molecule has 0 unspecified atom stereocenters. The molecule has 4 aromatic rings. The molecule has 0 bridgehead atoms. The van der Waals surface area contributed by atoms with E-state index in [1.54, 1.807) is 29.8 Å². The Labute approximate surface area is 162 Å². The Kier molecular flexibility index (Phi) is 4.17. The molecule has 0 aliphatic heterocycles. The zero-order chi connectivity index (χ0) is 18.4. The third-order valence-electron chi connectivity index (χ3n) is 4.84. The predicted molar refractivity (Wildman–Crippen MR) is 104 cm³/mol. The maximum absolute atomic E-state index is 13.8. The van der Waals surface area contributed by atoms with E-state index in [2.05, 4.69) is 15.2 Å². The number of hydrogen-bond donors (Lipinski definition) is 0. The molecule has 0 amide bonds. The average molecular weight is 398 g/mol. The molecule has 0 saturated carbocycles. The van der Waals surface area contributed by atoms with E-state index in [4.69, 9.17) is 0 Å². The quantitative estimate of drug-likeness (QED) is 0.378. The fourth-order valence-electron chi connectivity index (χ4n) is 3.53. The summed E-state index contributed by atoms with van der Waals surface area (Å²) in [6.45, 7) is 0. The first-order chi connectivity index (χ1) is 13.2. The molecule has 3 heterocycles. The van der Waals surface area contributed by atoms with Crippen LogP contribution in [0.25, 0.3) is 15.9 Å². The third kappa shape index (κ3) is 2.83. The summed E-state index contributed by atoms with van der Waals surface area (Å²) in [5.74, 6) is -0.666. The molecule has 3 aromatic heterocycles. The number of carbonyl (C=O) groups excluding carboxylic acids is 1. The molecule has 0 radical (unpaired) electrons. The van der Waals surface area contributed by atoms with E-state index >= 15 is 0 Å². The number of thiophene rings is 1. The van der Waals surface area contributed by atoms with Crippen molar-refractivity contribution in [3.8, 4) is 0 Å². The van der Waals surface area contributed by atoms with Crippen molar-refractivity contribution >= 4 is 44.7 Å². The van der Waals surface area contributed by atoms with Gasteiger partial charge in [0.1, 0.15) is 17.0 Å².